The van der Waals surface area contributed by atoms with E-state index in [2.05, 4.69) is 23.7 Å². The van der Waals surface area contributed by atoms with Crippen molar-refractivity contribution in [3.8, 4) is 0 Å². The molecule has 0 aliphatic heterocycles. The molecular weight excluding hydrogens is 246 g/mol. The first-order chi connectivity index (χ1) is 8.84. The van der Waals surface area contributed by atoms with Crippen molar-refractivity contribution < 1.29 is 4.79 Å². The van der Waals surface area contributed by atoms with Gasteiger partial charge < -0.3 is 9.88 Å². The van der Waals surface area contributed by atoms with Crippen molar-refractivity contribution in [2.24, 2.45) is 0 Å². The molecule has 1 rings (SSSR count). The van der Waals surface area contributed by atoms with Crippen LogP contribution >= 0.6 is 0 Å². The van der Waals surface area contributed by atoms with E-state index >= 15 is 0 Å². The maximum atomic E-state index is 11.9. The first-order valence-electron chi connectivity index (χ1n) is 6.38. The van der Waals surface area contributed by atoms with Gasteiger partial charge in [0.1, 0.15) is 0 Å². The zero-order chi connectivity index (χ0) is 14.6. The van der Waals surface area contributed by atoms with Crippen molar-refractivity contribution in [2.45, 2.75) is 39.8 Å². The highest BCUT2D eigenvalue weighted by molar-refractivity contribution is 5.93. The van der Waals surface area contributed by atoms with E-state index in [4.69, 9.17) is 0 Å². The van der Waals surface area contributed by atoms with E-state index in [0.29, 0.717) is 19.0 Å². The number of ketones is 1. The SMILES string of the molecule is CC(=O)c1c[nH]c(=O)n(CCCN(C)C(C)C)c1=O. The number of carbonyl (C=O) groups is 1. The van der Waals surface area contributed by atoms with Crippen molar-refractivity contribution in [3.63, 3.8) is 0 Å². The average molecular weight is 267 g/mol. The molecule has 106 valence electrons. The Kier molecular flexibility index (Phi) is 5.23. The van der Waals surface area contributed by atoms with Crippen molar-refractivity contribution in [3.05, 3.63) is 32.6 Å². The first kappa shape index (κ1) is 15.4. The molecule has 19 heavy (non-hydrogen) atoms. The molecule has 1 aromatic heterocycles. The Morgan fingerprint density at radius 2 is 2.05 bits per heavy atom. The van der Waals surface area contributed by atoms with Crippen LogP contribution in [0.25, 0.3) is 0 Å². The Balaban J connectivity index is 2.84. The van der Waals surface area contributed by atoms with Gasteiger partial charge in [0.25, 0.3) is 5.56 Å². The van der Waals surface area contributed by atoms with Crippen LogP contribution in [0.1, 0.15) is 37.6 Å². The minimum absolute atomic E-state index is 0.0248. The topological polar surface area (TPSA) is 75.2 Å². The number of rotatable bonds is 6. The predicted octanol–water partition coefficient (Wildman–Crippen LogP) is 0.469. The van der Waals surface area contributed by atoms with Crippen LogP contribution in [0.3, 0.4) is 0 Å². The van der Waals surface area contributed by atoms with Gasteiger partial charge in [0, 0.05) is 18.8 Å². The van der Waals surface area contributed by atoms with Gasteiger partial charge in [-0.3, -0.25) is 14.2 Å². The molecule has 0 unspecified atom stereocenters. The van der Waals surface area contributed by atoms with E-state index in [1.165, 1.54) is 13.1 Å². The van der Waals surface area contributed by atoms with E-state index in [1.807, 2.05) is 7.05 Å². The minimum atomic E-state index is -0.511. The maximum Gasteiger partial charge on any atom is 0.328 e. The maximum absolute atomic E-state index is 11.9. The minimum Gasteiger partial charge on any atom is -0.313 e. The second kappa shape index (κ2) is 6.47. The number of nitrogens with one attached hydrogen (secondary N) is 1. The van der Waals surface area contributed by atoms with Crippen LogP contribution in [0.5, 0.6) is 0 Å². The smallest absolute Gasteiger partial charge is 0.313 e. The van der Waals surface area contributed by atoms with Gasteiger partial charge in [0.2, 0.25) is 0 Å². The molecule has 1 heterocycles. The monoisotopic (exact) mass is 267 g/mol. The summed E-state index contributed by atoms with van der Waals surface area (Å²) in [6.07, 6.45) is 1.86. The Morgan fingerprint density at radius 1 is 1.42 bits per heavy atom. The number of Topliss-reactive ketones (excluding diaryl/α,β-unsaturated/α-hetero) is 1. The van der Waals surface area contributed by atoms with Crippen molar-refractivity contribution in [1.82, 2.24) is 14.5 Å². The molecule has 0 spiro atoms. The number of aromatic amines is 1. The molecule has 0 bridgehead atoms. The van der Waals surface area contributed by atoms with Crippen LogP contribution < -0.4 is 11.2 Å². The normalized spacial score (nSPS) is 11.3. The highest BCUT2D eigenvalue weighted by Gasteiger charge is 2.11. The van der Waals surface area contributed by atoms with Gasteiger partial charge in [-0.05, 0) is 40.8 Å². The molecule has 0 fully saturated rings. The molecule has 1 aromatic rings. The second-order valence-electron chi connectivity index (χ2n) is 4.95. The molecule has 0 amide bonds. The third-order valence-electron chi connectivity index (χ3n) is 3.21. The Labute approximate surface area is 112 Å². The summed E-state index contributed by atoms with van der Waals surface area (Å²) in [6, 6.07) is 0.415. The van der Waals surface area contributed by atoms with Crippen molar-refractivity contribution in [1.29, 1.82) is 0 Å². The zero-order valence-corrected chi connectivity index (χ0v) is 11.9. The molecule has 0 saturated heterocycles. The van der Waals surface area contributed by atoms with Gasteiger partial charge in [-0.1, -0.05) is 0 Å². The lowest BCUT2D eigenvalue weighted by atomic mass is 10.2. The van der Waals surface area contributed by atoms with E-state index < -0.39 is 11.2 Å². The van der Waals surface area contributed by atoms with Gasteiger partial charge in [-0.15, -0.1) is 0 Å². The molecular formula is C13H21N3O3. The number of carbonyl (C=O) groups excluding carboxylic acids is 1. The fraction of sp³-hybridized carbons (Fsp3) is 0.615. The van der Waals surface area contributed by atoms with Crippen LogP contribution in [0.2, 0.25) is 0 Å². The summed E-state index contributed by atoms with van der Waals surface area (Å²) in [7, 11) is 1.99. The van der Waals surface area contributed by atoms with Crippen molar-refractivity contribution >= 4 is 5.78 Å². The van der Waals surface area contributed by atoms with Gasteiger partial charge in [-0.2, -0.15) is 0 Å². The van der Waals surface area contributed by atoms with Gasteiger partial charge in [-0.25, -0.2) is 4.79 Å². The molecule has 0 saturated carbocycles. The molecule has 6 nitrogen and oxygen atoms in total. The van der Waals surface area contributed by atoms with Gasteiger partial charge >= 0.3 is 5.69 Å². The average Bonchev–Trinajstić information content (AvgIpc) is 2.32. The summed E-state index contributed by atoms with van der Waals surface area (Å²) < 4.78 is 1.09. The van der Waals surface area contributed by atoms with E-state index in [1.54, 1.807) is 0 Å². The first-order valence-corrected chi connectivity index (χ1v) is 6.38. The molecule has 6 heteroatoms. The number of aromatic nitrogens is 2. The lowest BCUT2D eigenvalue weighted by molar-refractivity contribution is 0.101. The lowest BCUT2D eigenvalue weighted by Gasteiger charge is -2.20. The lowest BCUT2D eigenvalue weighted by Crippen LogP contribution is -2.38. The third-order valence-corrected chi connectivity index (χ3v) is 3.21. The number of H-pyrrole nitrogens is 1. The summed E-state index contributed by atoms with van der Waals surface area (Å²) in [6.45, 7) is 6.57. The van der Waals surface area contributed by atoms with Crippen LogP contribution in [0.15, 0.2) is 15.8 Å². The van der Waals surface area contributed by atoms with Crippen LogP contribution in [0.4, 0.5) is 0 Å². The largest absolute Gasteiger partial charge is 0.328 e. The van der Waals surface area contributed by atoms with Crippen LogP contribution in [-0.2, 0) is 6.54 Å². The third kappa shape index (κ3) is 3.89. The standard InChI is InChI=1S/C13H21N3O3/c1-9(2)15(4)6-5-7-16-12(18)11(10(3)17)8-14-13(16)19/h8-9H,5-7H2,1-4H3,(H,14,19). The predicted molar refractivity (Wildman–Crippen MR) is 73.7 cm³/mol. The molecule has 0 aromatic carbocycles. The number of hydrogen-bond acceptors (Lipinski definition) is 4. The fourth-order valence-corrected chi connectivity index (χ4v) is 1.70. The summed E-state index contributed by atoms with van der Waals surface area (Å²) in [5.41, 5.74) is -0.956. The molecule has 0 aliphatic rings. The molecule has 0 aliphatic carbocycles. The fourth-order valence-electron chi connectivity index (χ4n) is 1.70. The van der Waals surface area contributed by atoms with Crippen molar-refractivity contribution in [2.75, 3.05) is 13.6 Å². The van der Waals surface area contributed by atoms with Crippen LogP contribution in [0, 0.1) is 0 Å². The highest BCUT2D eigenvalue weighted by Crippen LogP contribution is 1.96. The number of hydrogen-bond donors (Lipinski definition) is 1. The summed E-state index contributed by atoms with van der Waals surface area (Å²) in [4.78, 5) is 39.4. The summed E-state index contributed by atoms with van der Waals surface area (Å²) in [5, 5.41) is 0. The van der Waals surface area contributed by atoms with Gasteiger partial charge in [0.05, 0.1) is 5.56 Å². The summed E-state index contributed by atoms with van der Waals surface area (Å²) in [5.74, 6) is -0.339. The number of nitrogens with zero attached hydrogens (tertiary/aromatic N) is 2. The summed E-state index contributed by atoms with van der Waals surface area (Å²) >= 11 is 0. The second-order valence-corrected chi connectivity index (χ2v) is 4.95. The Morgan fingerprint density at radius 3 is 2.58 bits per heavy atom. The van der Waals surface area contributed by atoms with Gasteiger partial charge in [0.15, 0.2) is 5.78 Å². The Hall–Kier alpha value is -1.69. The van der Waals surface area contributed by atoms with E-state index in [-0.39, 0.29) is 11.3 Å². The molecule has 1 N–H and O–H groups in total. The van der Waals surface area contributed by atoms with E-state index in [0.717, 1.165) is 11.1 Å². The zero-order valence-electron chi connectivity index (χ0n) is 11.9. The molecule has 0 radical (unpaired) electrons. The Bertz CT molecular complexity index is 557. The van der Waals surface area contributed by atoms with E-state index in [9.17, 15) is 14.4 Å². The quantitative estimate of drug-likeness (QED) is 0.760. The van der Waals surface area contributed by atoms with Crippen LogP contribution in [-0.4, -0.2) is 39.9 Å². The highest BCUT2D eigenvalue weighted by atomic mass is 16.2. The molecule has 0 atom stereocenters.